The molecule has 45 heavy (non-hydrogen) atoms. The molecule has 0 fully saturated rings. The Kier molecular flexibility index (Phi) is 12.8. The molecule has 2 heterocycles. The Morgan fingerprint density at radius 1 is 1.04 bits per heavy atom. The molecule has 3 rings (SSSR count). The smallest absolute Gasteiger partial charge is 0.303 e. The van der Waals surface area contributed by atoms with Gasteiger partial charge in [0.05, 0.1) is 31.5 Å². The van der Waals surface area contributed by atoms with E-state index in [2.05, 4.69) is 46.5 Å². The van der Waals surface area contributed by atoms with Crippen LogP contribution in [0.5, 0.6) is 0 Å². The number of carboxylic acids is 1. The lowest BCUT2D eigenvalue weighted by Gasteiger charge is -2.17. The Morgan fingerprint density at radius 3 is 2.51 bits per heavy atom. The second kappa shape index (κ2) is 17.0. The number of aromatic nitrogens is 4. The van der Waals surface area contributed by atoms with E-state index >= 15 is 0 Å². The maximum Gasteiger partial charge on any atom is 0.303 e. The molecule has 2 aromatic heterocycles. The number of aromatic amines is 1. The van der Waals surface area contributed by atoms with Gasteiger partial charge >= 0.3 is 5.97 Å². The average Bonchev–Trinajstić information content (AvgIpc) is 3.02. The molecule has 0 spiro atoms. The van der Waals surface area contributed by atoms with Crippen molar-refractivity contribution in [2.75, 3.05) is 30.7 Å². The van der Waals surface area contributed by atoms with Crippen molar-refractivity contribution in [2.24, 2.45) is 0 Å². The molecule has 3 amide bonds. The summed E-state index contributed by atoms with van der Waals surface area (Å²) >= 11 is 0. The van der Waals surface area contributed by atoms with Gasteiger partial charge in [0.1, 0.15) is 18.6 Å². The van der Waals surface area contributed by atoms with Crippen LogP contribution in [0, 0.1) is 0 Å². The van der Waals surface area contributed by atoms with Crippen LogP contribution in [0.3, 0.4) is 0 Å². The van der Waals surface area contributed by atoms with E-state index in [0.29, 0.717) is 24.0 Å². The Balaban J connectivity index is 1.36. The molecule has 0 saturated carbocycles. The molecular weight excluding hydrogens is 592 g/mol. The van der Waals surface area contributed by atoms with Crippen molar-refractivity contribution in [1.29, 1.82) is 0 Å². The van der Waals surface area contributed by atoms with Crippen LogP contribution in [0.2, 0.25) is 0 Å². The van der Waals surface area contributed by atoms with Crippen LogP contribution >= 0.6 is 0 Å². The summed E-state index contributed by atoms with van der Waals surface area (Å²) in [5, 5.41) is 32.3. The first-order valence-electron chi connectivity index (χ1n) is 13.8. The number of H-pyrrole nitrogens is 1. The second-order valence-electron chi connectivity index (χ2n) is 9.66. The number of carbonyl (C=O) groups excluding carboxylic acids is 4. The van der Waals surface area contributed by atoms with Gasteiger partial charge in [-0.1, -0.05) is 12.1 Å². The number of anilines is 2. The first-order valence-corrected chi connectivity index (χ1v) is 13.8. The number of hydrogen-bond donors (Lipinski definition) is 9. The molecule has 0 aliphatic heterocycles. The van der Waals surface area contributed by atoms with E-state index in [-0.39, 0.29) is 56.0 Å². The lowest BCUT2D eigenvalue weighted by atomic mass is 10.1. The molecule has 240 valence electrons. The molecular formula is C27H34N10O8. The topological polar surface area (TPSA) is 284 Å². The predicted molar refractivity (Wildman–Crippen MR) is 159 cm³/mol. The van der Waals surface area contributed by atoms with Crippen molar-refractivity contribution < 1.29 is 34.2 Å². The lowest BCUT2D eigenvalue weighted by Crippen LogP contribution is -2.50. The first-order chi connectivity index (χ1) is 21.5. The molecule has 18 nitrogen and oxygen atoms in total. The third kappa shape index (κ3) is 11.3. The summed E-state index contributed by atoms with van der Waals surface area (Å²) < 4.78 is 0. The number of aliphatic hydroxyl groups excluding tert-OH is 1. The first kappa shape index (κ1) is 34.0. The van der Waals surface area contributed by atoms with E-state index in [4.69, 9.17) is 10.8 Å². The van der Waals surface area contributed by atoms with Crippen molar-refractivity contribution in [3.63, 3.8) is 0 Å². The number of aldehydes is 1. The summed E-state index contributed by atoms with van der Waals surface area (Å²) in [7, 11) is 0. The zero-order valence-corrected chi connectivity index (χ0v) is 24.0. The average molecular weight is 627 g/mol. The van der Waals surface area contributed by atoms with E-state index < -0.39 is 48.1 Å². The molecule has 2 atom stereocenters. The SMILES string of the molecule is Nc1nc2ncc(CNc3ccc(C(O)NCCCC(=O)NCC(=O)N[C@@H](CCC(=O)O)C(=O)NCC=O)cc3)nc2c(=O)[nH]1. The van der Waals surface area contributed by atoms with Gasteiger partial charge in [-0.25, -0.2) is 9.97 Å². The number of nitrogens with two attached hydrogens (primary N) is 1. The number of nitrogens with one attached hydrogen (secondary N) is 6. The van der Waals surface area contributed by atoms with Crippen molar-refractivity contribution in [3.8, 4) is 0 Å². The fourth-order valence-electron chi connectivity index (χ4n) is 3.95. The Hall–Kier alpha value is -5.49. The third-order valence-corrected chi connectivity index (χ3v) is 6.21. The molecule has 0 radical (unpaired) electrons. The summed E-state index contributed by atoms with van der Waals surface area (Å²) in [4.78, 5) is 84.3. The fourth-order valence-corrected chi connectivity index (χ4v) is 3.95. The van der Waals surface area contributed by atoms with E-state index in [0.717, 1.165) is 5.69 Å². The number of rotatable bonds is 18. The molecule has 10 N–H and O–H groups in total. The summed E-state index contributed by atoms with van der Waals surface area (Å²) in [5.41, 5.74) is 7.07. The quantitative estimate of drug-likeness (QED) is 0.0421. The van der Waals surface area contributed by atoms with Crippen molar-refractivity contribution in [2.45, 2.75) is 44.5 Å². The highest BCUT2D eigenvalue weighted by atomic mass is 16.4. The Morgan fingerprint density at radius 2 is 1.80 bits per heavy atom. The zero-order chi connectivity index (χ0) is 32.8. The summed E-state index contributed by atoms with van der Waals surface area (Å²) in [6.45, 7) is -0.158. The van der Waals surface area contributed by atoms with Crippen LogP contribution in [0.15, 0.2) is 35.3 Å². The number of nitrogens with zero attached hydrogens (tertiary/aromatic N) is 3. The largest absolute Gasteiger partial charge is 0.481 e. The molecule has 3 aromatic rings. The number of fused-ring (bicyclic) bond motifs is 1. The van der Waals surface area contributed by atoms with Gasteiger partial charge in [0.15, 0.2) is 11.2 Å². The fraction of sp³-hybridized carbons (Fsp3) is 0.370. The highest BCUT2D eigenvalue weighted by Gasteiger charge is 2.21. The Labute approximate surface area is 255 Å². The highest BCUT2D eigenvalue weighted by Crippen LogP contribution is 2.15. The van der Waals surface area contributed by atoms with E-state index in [9.17, 15) is 33.9 Å². The minimum Gasteiger partial charge on any atom is -0.481 e. The lowest BCUT2D eigenvalue weighted by molar-refractivity contribution is -0.138. The van der Waals surface area contributed by atoms with Crippen LogP contribution in [0.1, 0.15) is 43.2 Å². The van der Waals surface area contributed by atoms with Gasteiger partial charge in [-0.3, -0.25) is 34.3 Å². The van der Waals surface area contributed by atoms with Crippen molar-refractivity contribution in [3.05, 3.63) is 52.1 Å². The van der Waals surface area contributed by atoms with Crippen LogP contribution in [-0.2, 0) is 30.5 Å². The number of hydrogen-bond acceptors (Lipinski definition) is 13. The third-order valence-electron chi connectivity index (χ3n) is 6.21. The van der Waals surface area contributed by atoms with Gasteiger partial charge in [0, 0.05) is 18.5 Å². The van der Waals surface area contributed by atoms with Crippen LogP contribution in [0.4, 0.5) is 11.6 Å². The summed E-state index contributed by atoms with van der Waals surface area (Å²) in [6.07, 6.45) is 0.751. The van der Waals surface area contributed by atoms with Gasteiger partial charge in [-0.15, -0.1) is 0 Å². The van der Waals surface area contributed by atoms with Gasteiger partial charge in [-0.05, 0) is 37.1 Å². The maximum absolute atomic E-state index is 12.2. The number of nitrogen functional groups attached to an aromatic ring is 1. The minimum absolute atomic E-state index is 0.0442. The Bertz CT molecular complexity index is 1560. The van der Waals surface area contributed by atoms with E-state index in [1.54, 1.807) is 24.3 Å². The predicted octanol–water partition coefficient (Wildman–Crippen LogP) is -1.95. The van der Waals surface area contributed by atoms with Crippen molar-refractivity contribution >= 4 is 52.8 Å². The molecule has 18 heteroatoms. The van der Waals surface area contributed by atoms with Crippen LogP contribution < -0.4 is 37.9 Å². The number of aliphatic hydroxyl groups is 1. The number of benzene rings is 1. The monoisotopic (exact) mass is 626 g/mol. The standard InChI is InChI=1S/C27H34N10O8/c28-27-36-23-22(26(45)37-27)34-17(13-33-23)12-31-16-5-3-15(4-6-16)24(43)29-9-1-2-19(39)32-14-20(40)35-18(7-8-21(41)42)25(44)30-10-11-38/h3-6,11,13,18,24,29,31,43H,1-2,7-10,12,14H2,(H,30,44)(H,32,39)(H,35,40)(H,41,42)(H3,28,33,36,37,45)/t18-,24?/m0/s1. The molecule has 1 unspecified atom stereocenters. The molecule has 0 saturated heterocycles. The van der Waals surface area contributed by atoms with Crippen LogP contribution in [0.25, 0.3) is 11.2 Å². The number of aliphatic carboxylic acids is 1. The molecule has 0 bridgehead atoms. The molecule has 1 aromatic carbocycles. The minimum atomic E-state index is -1.18. The van der Waals surface area contributed by atoms with Gasteiger partial charge in [-0.2, -0.15) is 4.98 Å². The maximum atomic E-state index is 12.2. The van der Waals surface area contributed by atoms with Gasteiger partial charge in [0.25, 0.3) is 5.56 Å². The zero-order valence-electron chi connectivity index (χ0n) is 24.0. The summed E-state index contributed by atoms with van der Waals surface area (Å²) in [5.74, 6) is -3.05. The normalized spacial score (nSPS) is 12.1. The van der Waals surface area contributed by atoms with E-state index in [1.807, 2.05) is 0 Å². The van der Waals surface area contributed by atoms with E-state index in [1.165, 1.54) is 6.20 Å². The number of carbonyl (C=O) groups is 5. The van der Waals surface area contributed by atoms with Gasteiger partial charge < -0.3 is 42.0 Å². The molecule has 0 aliphatic carbocycles. The van der Waals surface area contributed by atoms with Crippen molar-refractivity contribution in [1.82, 2.24) is 41.2 Å². The highest BCUT2D eigenvalue weighted by molar-refractivity contribution is 5.91. The second-order valence-corrected chi connectivity index (χ2v) is 9.66. The number of carboxylic acid groups (broad SMARTS) is 1. The number of amides is 3. The van der Waals surface area contributed by atoms with Gasteiger partial charge in [0.2, 0.25) is 23.7 Å². The summed E-state index contributed by atoms with van der Waals surface area (Å²) in [6, 6.07) is 5.74. The molecule has 0 aliphatic rings. The van der Waals surface area contributed by atoms with Crippen LogP contribution in [-0.4, -0.2) is 85.8 Å².